The number of halogens is 4. The van der Waals surface area contributed by atoms with E-state index in [1.54, 1.807) is 6.20 Å². The number of anilines is 1. The van der Waals surface area contributed by atoms with Crippen molar-refractivity contribution in [2.75, 3.05) is 25.7 Å². The van der Waals surface area contributed by atoms with Crippen molar-refractivity contribution in [3.05, 3.63) is 110 Å². The Morgan fingerprint density at radius 3 is 2.48 bits per heavy atom. The Balaban J connectivity index is 1.60. The molecule has 5 aromatic rings. The number of aromatic nitrogens is 4. The van der Waals surface area contributed by atoms with Gasteiger partial charge in [-0.25, -0.2) is 26.6 Å². The minimum atomic E-state index is -4.02. The van der Waals surface area contributed by atoms with E-state index in [1.807, 2.05) is 6.07 Å². The summed E-state index contributed by atoms with van der Waals surface area (Å²) in [4.78, 5) is 32.9. The number of sulfonamides is 1. The number of rotatable bonds is 12. The minimum absolute atomic E-state index is 0.0122. The summed E-state index contributed by atoms with van der Waals surface area (Å²) in [6, 6.07) is 8.32. The maximum absolute atomic E-state index is 15.7. The third-order valence-electron chi connectivity index (χ3n) is 8.27. The van der Waals surface area contributed by atoms with Crippen LogP contribution in [0.5, 0.6) is 5.75 Å². The Labute approximate surface area is 300 Å². The second-order valence-electron chi connectivity index (χ2n) is 12.2. The predicted octanol–water partition coefficient (Wildman–Crippen LogP) is 4.35. The number of amidine groups is 1. The Morgan fingerprint density at radius 2 is 1.85 bits per heavy atom. The molecule has 1 unspecified atom stereocenters. The monoisotopic (exact) mass is 756 g/mol. The lowest BCUT2D eigenvalue weighted by Gasteiger charge is -2.25. The lowest BCUT2D eigenvalue weighted by molar-refractivity contribution is -0.122. The van der Waals surface area contributed by atoms with E-state index >= 15 is 4.39 Å². The van der Waals surface area contributed by atoms with Crippen molar-refractivity contribution in [1.82, 2.24) is 24.6 Å². The van der Waals surface area contributed by atoms with E-state index in [0.29, 0.717) is 12.0 Å². The average Bonchev–Trinajstić information content (AvgIpc) is 3.80. The molecule has 13 nitrogen and oxygen atoms in total. The number of nitrogens with one attached hydrogen (secondary N) is 2. The number of carbonyl (C=O) groups excluding carboxylic acids is 1. The van der Waals surface area contributed by atoms with E-state index in [1.165, 1.54) is 37.0 Å². The van der Waals surface area contributed by atoms with Crippen LogP contribution in [0.2, 0.25) is 5.02 Å². The van der Waals surface area contributed by atoms with Crippen molar-refractivity contribution in [3.63, 3.8) is 0 Å². The van der Waals surface area contributed by atoms with Crippen LogP contribution in [0.15, 0.2) is 63.9 Å². The fraction of sp³-hybridized carbons (Fsp3) is 0.265. The van der Waals surface area contributed by atoms with E-state index in [-0.39, 0.29) is 57.6 Å². The van der Waals surface area contributed by atoms with Crippen LogP contribution < -0.4 is 26.7 Å². The first-order valence-corrected chi connectivity index (χ1v) is 18.0. The topological polar surface area (TPSA) is 176 Å². The van der Waals surface area contributed by atoms with Gasteiger partial charge in [-0.05, 0) is 48.7 Å². The maximum Gasteiger partial charge on any atom is 0.269 e. The number of nitrogens with two attached hydrogens (primary N) is 1. The summed E-state index contributed by atoms with van der Waals surface area (Å²) in [6.07, 6.45) is 4.17. The van der Waals surface area contributed by atoms with Gasteiger partial charge in [-0.15, -0.1) is 4.40 Å². The molecule has 3 aromatic carbocycles. The number of carbonyl (C=O) groups is 1. The summed E-state index contributed by atoms with van der Waals surface area (Å²) in [7, 11) is -1.29. The van der Waals surface area contributed by atoms with Crippen molar-refractivity contribution in [1.29, 1.82) is 0 Å². The number of hydrogen-bond donors (Lipinski definition) is 3. The van der Waals surface area contributed by atoms with Crippen LogP contribution in [0.1, 0.15) is 47.4 Å². The second-order valence-corrected chi connectivity index (χ2v) is 14.3. The molecule has 0 saturated heterocycles. The van der Waals surface area contributed by atoms with Crippen molar-refractivity contribution >= 4 is 50.0 Å². The van der Waals surface area contributed by atoms with Crippen LogP contribution in [0, 0.1) is 17.5 Å². The highest BCUT2D eigenvalue weighted by atomic mass is 35.5. The fourth-order valence-corrected chi connectivity index (χ4v) is 6.65. The van der Waals surface area contributed by atoms with Crippen LogP contribution in [-0.2, 0) is 27.8 Å². The van der Waals surface area contributed by atoms with Gasteiger partial charge < -0.3 is 21.1 Å². The molecular weight excluding hydrogens is 725 g/mol. The third kappa shape index (κ3) is 7.74. The fourth-order valence-electron chi connectivity index (χ4n) is 5.94. The van der Waals surface area contributed by atoms with Crippen LogP contribution >= 0.6 is 11.6 Å². The molecule has 0 spiro atoms. The molecular formula is C34H32ClF3N8O5S. The first kappa shape index (κ1) is 36.4. The van der Waals surface area contributed by atoms with Gasteiger partial charge in [-0.1, -0.05) is 11.6 Å². The summed E-state index contributed by atoms with van der Waals surface area (Å²) in [6.45, 7) is -0.258. The second kappa shape index (κ2) is 14.3. The summed E-state index contributed by atoms with van der Waals surface area (Å²) in [5.41, 5.74) is 5.75. The number of methoxy groups -OCH3 is 1. The van der Waals surface area contributed by atoms with Crippen LogP contribution in [0.4, 0.5) is 18.9 Å². The van der Waals surface area contributed by atoms with Gasteiger partial charge in [-0.3, -0.25) is 18.8 Å². The Bertz CT molecular complexity index is 2410. The maximum atomic E-state index is 15.7. The molecule has 6 rings (SSSR count). The van der Waals surface area contributed by atoms with Gasteiger partial charge >= 0.3 is 0 Å². The van der Waals surface area contributed by atoms with Gasteiger partial charge in [0.05, 0.1) is 52.6 Å². The van der Waals surface area contributed by atoms with Crippen molar-refractivity contribution in [2.24, 2.45) is 10.1 Å². The Kier molecular flexibility index (Phi) is 10.0. The van der Waals surface area contributed by atoms with Gasteiger partial charge in [0.25, 0.3) is 15.6 Å². The van der Waals surface area contributed by atoms with Gasteiger partial charge in [0.1, 0.15) is 46.8 Å². The molecule has 1 aliphatic rings. The standard InChI is InChI=1S/C34H32ClF3N8O5S/c1-40-31-27(7-6-22(35)29(31)32(39)44-52(3,49)50)46-33(42-25-15-21(51-2)14-23(38)30(25)34(46)48)26(12-17-10-19(36)13-20(37)11-17)41-28(47)16-45-9-8-24(43-45)18-4-5-18/h6-11,13-15,18,26,40H,4-5,12,16H2,1-3H3,(H2,39,44)(H,41,47). The zero-order valence-electron chi connectivity index (χ0n) is 28.0. The van der Waals surface area contributed by atoms with Crippen molar-refractivity contribution in [2.45, 2.75) is 37.8 Å². The molecule has 0 aliphatic heterocycles. The van der Waals surface area contributed by atoms with E-state index in [4.69, 9.17) is 22.1 Å². The van der Waals surface area contributed by atoms with E-state index in [0.717, 1.165) is 47.6 Å². The molecule has 4 N–H and O–H groups in total. The average molecular weight is 757 g/mol. The molecule has 2 heterocycles. The first-order valence-electron chi connectivity index (χ1n) is 15.8. The molecule has 0 bridgehead atoms. The molecule has 1 saturated carbocycles. The number of fused-ring (bicyclic) bond motifs is 1. The summed E-state index contributed by atoms with van der Waals surface area (Å²) in [5.74, 6) is -3.72. The number of hydrogen-bond acceptors (Lipinski definition) is 8. The van der Waals surface area contributed by atoms with E-state index in [2.05, 4.69) is 25.1 Å². The highest BCUT2D eigenvalue weighted by Gasteiger charge is 2.29. The smallest absolute Gasteiger partial charge is 0.269 e. The van der Waals surface area contributed by atoms with Crippen LogP contribution in [0.3, 0.4) is 0 Å². The van der Waals surface area contributed by atoms with E-state index in [9.17, 15) is 26.8 Å². The molecule has 18 heteroatoms. The number of benzene rings is 3. The molecule has 1 aliphatic carbocycles. The summed E-state index contributed by atoms with van der Waals surface area (Å²) >= 11 is 6.49. The predicted molar refractivity (Wildman–Crippen MR) is 189 cm³/mol. The van der Waals surface area contributed by atoms with E-state index < -0.39 is 56.2 Å². The quantitative estimate of drug-likeness (QED) is 0.124. The minimum Gasteiger partial charge on any atom is -0.497 e. The Hall–Kier alpha value is -5.42. The third-order valence-corrected chi connectivity index (χ3v) is 9.12. The van der Waals surface area contributed by atoms with Crippen molar-refractivity contribution < 1.29 is 31.1 Å². The molecule has 0 radical (unpaired) electrons. The summed E-state index contributed by atoms with van der Waals surface area (Å²) in [5, 5.41) is 9.63. The number of nitrogens with zero attached hydrogens (tertiary/aromatic N) is 5. The normalized spacial score (nSPS) is 14.0. The lowest BCUT2D eigenvalue weighted by Crippen LogP contribution is -2.37. The molecule has 1 amide bonds. The highest BCUT2D eigenvalue weighted by Crippen LogP contribution is 2.39. The highest BCUT2D eigenvalue weighted by molar-refractivity contribution is 7.89. The van der Waals surface area contributed by atoms with Gasteiger partial charge in [-0.2, -0.15) is 5.10 Å². The zero-order valence-corrected chi connectivity index (χ0v) is 29.5. The molecule has 272 valence electrons. The molecule has 2 aromatic heterocycles. The lowest BCUT2D eigenvalue weighted by atomic mass is 10.0. The number of amides is 1. The zero-order chi connectivity index (χ0) is 37.5. The SMILES string of the molecule is CNc1c(-n2c(C(Cc3cc(F)cc(F)c3)NC(=O)Cn3ccc(C4CC4)n3)nc3cc(OC)cc(F)c3c2=O)ccc(Cl)c1/C(N)=N/S(C)(=O)=O. The summed E-state index contributed by atoms with van der Waals surface area (Å²) < 4.78 is 79.9. The van der Waals surface area contributed by atoms with Crippen molar-refractivity contribution in [3.8, 4) is 11.4 Å². The van der Waals surface area contributed by atoms with Gasteiger partial charge in [0, 0.05) is 43.8 Å². The Morgan fingerprint density at radius 1 is 1.13 bits per heavy atom. The van der Waals surface area contributed by atoms with Crippen LogP contribution in [-0.4, -0.2) is 59.9 Å². The van der Waals surface area contributed by atoms with Crippen LogP contribution in [0.25, 0.3) is 16.6 Å². The first-order chi connectivity index (χ1) is 24.6. The molecule has 1 fully saturated rings. The van der Waals surface area contributed by atoms with Gasteiger partial charge in [0.15, 0.2) is 0 Å². The van der Waals surface area contributed by atoms with Gasteiger partial charge in [0.2, 0.25) is 5.91 Å². The number of ether oxygens (including phenoxy) is 1. The molecule has 52 heavy (non-hydrogen) atoms. The molecule has 1 atom stereocenters. The largest absolute Gasteiger partial charge is 0.497 e.